The van der Waals surface area contributed by atoms with Crippen molar-refractivity contribution in [2.75, 3.05) is 0 Å². The van der Waals surface area contributed by atoms with Gasteiger partial charge in [0.1, 0.15) is 0 Å². The first-order valence-electron chi connectivity index (χ1n) is 2.94. The van der Waals surface area contributed by atoms with Crippen molar-refractivity contribution in [3.05, 3.63) is 35.3 Å². The third-order valence-corrected chi connectivity index (χ3v) is 2.05. The van der Waals surface area contributed by atoms with Crippen LogP contribution in [0.5, 0.6) is 0 Å². The summed E-state index contributed by atoms with van der Waals surface area (Å²) in [6, 6.07) is 4.01. The molecule has 0 aliphatic heterocycles. The first-order chi connectivity index (χ1) is 4.88. The van der Waals surface area contributed by atoms with Crippen LogP contribution >= 0.6 is 15.9 Å². The van der Waals surface area contributed by atoms with E-state index in [1.807, 2.05) is 28.9 Å². The fourth-order valence-electron chi connectivity index (χ4n) is 0.925. The summed E-state index contributed by atoms with van der Waals surface area (Å²) < 4.78 is 3.08. The molecule has 0 aliphatic rings. The Morgan fingerprint density at radius 3 is 3.10 bits per heavy atom. The Morgan fingerprint density at radius 2 is 2.30 bits per heavy atom. The van der Waals surface area contributed by atoms with Gasteiger partial charge >= 0.3 is 0 Å². The topological polar surface area (TPSA) is 17.3 Å². The summed E-state index contributed by atoms with van der Waals surface area (Å²) >= 11 is 3.40. The van der Waals surface area contributed by atoms with Crippen LogP contribution in [0, 0.1) is 0 Å². The molecule has 0 aromatic carbocycles. The lowest BCUT2D eigenvalue weighted by Gasteiger charge is -1.91. The summed E-state index contributed by atoms with van der Waals surface area (Å²) in [5, 5.41) is 0. The van der Waals surface area contributed by atoms with Crippen molar-refractivity contribution in [2.45, 2.75) is 0 Å². The van der Waals surface area contributed by atoms with E-state index >= 15 is 0 Å². The molecular formula is C7H5BrN2. The minimum absolute atomic E-state index is 1.06. The molecule has 0 spiro atoms. The van der Waals surface area contributed by atoms with Crippen LogP contribution in [-0.4, -0.2) is 9.38 Å². The van der Waals surface area contributed by atoms with Crippen LogP contribution in [0.25, 0.3) is 5.52 Å². The molecule has 0 radical (unpaired) electrons. The number of hydrogen-bond acceptors (Lipinski definition) is 1. The zero-order valence-corrected chi connectivity index (χ0v) is 6.75. The van der Waals surface area contributed by atoms with E-state index in [1.54, 1.807) is 6.20 Å². The maximum atomic E-state index is 3.98. The normalized spacial score (nSPS) is 10.5. The number of aromatic nitrogens is 2. The molecular weight excluding hydrogens is 192 g/mol. The zero-order valence-electron chi connectivity index (χ0n) is 5.16. The molecule has 0 saturated carbocycles. The van der Waals surface area contributed by atoms with E-state index in [4.69, 9.17) is 0 Å². The first kappa shape index (κ1) is 5.92. The molecule has 0 aliphatic carbocycles. The molecule has 2 rings (SSSR count). The van der Waals surface area contributed by atoms with Crippen LogP contribution in [-0.2, 0) is 0 Å². The highest BCUT2D eigenvalue weighted by molar-refractivity contribution is 9.10. The van der Waals surface area contributed by atoms with Crippen molar-refractivity contribution in [3.8, 4) is 0 Å². The second-order valence-electron chi connectivity index (χ2n) is 2.03. The molecule has 0 unspecified atom stereocenters. The van der Waals surface area contributed by atoms with Gasteiger partial charge < -0.3 is 4.40 Å². The number of halogens is 1. The smallest absolute Gasteiger partial charge is 0.0893 e. The number of rotatable bonds is 0. The molecule has 2 aromatic rings. The summed E-state index contributed by atoms with van der Waals surface area (Å²) in [6.45, 7) is 0. The largest absolute Gasteiger partial charge is 0.308 e. The van der Waals surface area contributed by atoms with Gasteiger partial charge in [0.2, 0.25) is 0 Å². The number of nitrogens with zero attached hydrogens (tertiary/aromatic N) is 2. The lowest BCUT2D eigenvalue weighted by molar-refractivity contribution is 1.11. The number of fused-ring (bicyclic) bond motifs is 1. The average molecular weight is 197 g/mol. The minimum atomic E-state index is 1.06. The standard InChI is InChI=1S/C7H5BrN2/c8-7-2-1-6-5-9-3-4-10(6)7/h1-5H. The molecule has 10 heavy (non-hydrogen) atoms. The third-order valence-electron chi connectivity index (χ3n) is 1.41. The van der Waals surface area contributed by atoms with Crippen molar-refractivity contribution in [1.82, 2.24) is 9.38 Å². The molecule has 2 heterocycles. The SMILES string of the molecule is Brc1ccc2cnccn12. The summed E-state index contributed by atoms with van der Waals surface area (Å²) in [4.78, 5) is 3.98. The molecule has 2 nitrogen and oxygen atoms in total. The van der Waals surface area contributed by atoms with E-state index in [2.05, 4.69) is 20.9 Å². The highest BCUT2D eigenvalue weighted by Gasteiger charge is 1.94. The van der Waals surface area contributed by atoms with Gasteiger partial charge in [-0.1, -0.05) is 0 Å². The van der Waals surface area contributed by atoms with Crippen LogP contribution in [0.2, 0.25) is 0 Å². The Morgan fingerprint density at radius 1 is 1.40 bits per heavy atom. The van der Waals surface area contributed by atoms with E-state index < -0.39 is 0 Å². The van der Waals surface area contributed by atoms with Gasteiger partial charge in [-0.2, -0.15) is 0 Å². The van der Waals surface area contributed by atoms with Crippen molar-refractivity contribution in [3.63, 3.8) is 0 Å². The Balaban J connectivity index is 2.93. The summed E-state index contributed by atoms with van der Waals surface area (Å²) in [7, 11) is 0. The zero-order chi connectivity index (χ0) is 6.97. The van der Waals surface area contributed by atoms with Gasteiger partial charge in [0.05, 0.1) is 16.3 Å². The lowest BCUT2D eigenvalue weighted by atomic mass is 10.5. The second kappa shape index (κ2) is 2.09. The molecule has 0 N–H and O–H groups in total. The first-order valence-corrected chi connectivity index (χ1v) is 3.74. The Hall–Kier alpha value is -0.830. The van der Waals surface area contributed by atoms with Gasteiger partial charge in [0.15, 0.2) is 0 Å². The van der Waals surface area contributed by atoms with Gasteiger partial charge in [0.25, 0.3) is 0 Å². The molecule has 0 amide bonds. The van der Waals surface area contributed by atoms with Gasteiger partial charge in [-0.15, -0.1) is 0 Å². The van der Waals surface area contributed by atoms with Crippen molar-refractivity contribution in [2.24, 2.45) is 0 Å². The Bertz CT molecular complexity index is 353. The average Bonchev–Trinajstić information content (AvgIpc) is 2.34. The predicted octanol–water partition coefficient (Wildman–Crippen LogP) is 2.10. The maximum absolute atomic E-state index is 3.98. The molecule has 0 saturated heterocycles. The lowest BCUT2D eigenvalue weighted by Crippen LogP contribution is -1.82. The van der Waals surface area contributed by atoms with Crippen LogP contribution in [0.1, 0.15) is 0 Å². The van der Waals surface area contributed by atoms with Gasteiger partial charge in [-0.3, -0.25) is 4.98 Å². The molecule has 3 heteroatoms. The van der Waals surface area contributed by atoms with E-state index in [0.29, 0.717) is 0 Å². The maximum Gasteiger partial charge on any atom is 0.0893 e. The quantitative estimate of drug-likeness (QED) is 0.632. The van der Waals surface area contributed by atoms with Crippen molar-refractivity contribution in [1.29, 1.82) is 0 Å². The highest BCUT2D eigenvalue weighted by atomic mass is 79.9. The fourth-order valence-corrected chi connectivity index (χ4v) is 1.38. The van der Waals surface area contributed by atoms with Crippen molar-refractivity contribution < 1.29 is 0 Å². The van der Waals surface area contributed by atoms with Crippen LogP contribution in [0.15, 0.2) is 35.3 Å². The van der Waals surface area contributed by atoms with Crippen LogP contribution < -0.4 is 0 Å². The van der Waals surface area contributed by atoms with Gasteiger partial charge in [-0.05, 0) is 28.1 Å². The molecule has 0 atom stereocenters. The number of hydrogen-bond donors (Lipinski definition) is 0. The summed E-state index contributed by atoms with van der Waals surface area (Å²) in [5.74, 6) is 0. The van der Waals surface area contributed by atoms with Gasteiger partial charge in [0, 0.05) is 12.4 Å². The van der Waals surface area contributed by atoms with E-state index in [-0.39, 0.29) is 0 Å². The third kappa shape index (κ3) is 0.743. The Kier molecular flexibility index (Phi) is 1.24. The molecule has 50 valence electrons. The molecule has 0 fully saturated rings. The van der Waals surface area contributed by atoms with E-state index in [9.17, 15) is 0 Å². The van der Waals surface area contributed by atoms with Crippen molar-refractivity contribution >= 4 is 21.4 Å². The second-order valence-corrected chi connectivity index (χ2v) is 2.84. The summed E-state index contributed by atoms with van der Waals surface area (Å²) in [6.07, 6.45) is 5.50. The minimum Gasteiger partial charge on any atom is -0.308 e. The van der Waals surface area contributed by atoms with Gasteiger partial charge in [-0.25, -0.2) is 0 Å². The fraction of sp³-hybridized carbons (Fsp3) is 0. The summed E-state index contributed by atoms with van der Waals surface area (Å²) in [5.41, 5.74) is 1.11. The molecule has 2 aromatic heterocycles. The Labute approximate surface area is 66.6 Å². The van der Waals surface area contributed by atoms with E-state index in [0.717, 1.165) is 10.1 Å². The van der Waals surface area contributed by atoms with Crippen LogP contribution in [0.3, 0.4) is 0 Å². The predicted molar refractivity (Wildman–Crippen MR) is 42.9 cm³/mol. The highest BCUT2D eigenvalue weighted by Crippen LogP contribution is 2.13. The molecule has 0 bridgehead atoms. The van der Waals surface area contributed by atoms with Crippen LogP contribution in [0.4, 0.5) is 0 Å². The monoisotopic (exact) mass is 196 g/mol. The van der Waals surface area contributed by atoms with E-state index in [1.165, 1.54) is 0 Å².